The lowest BCUT2D eigenvalue weighted by Gasteiger charge is -2.13. The van der Waals surface area contributed by atoms with Crippen LogP contribution in [0.2, 0.25) is 0 Å². The number of hydrogen-bond acceptors (Lipinski definition) is 7. The molecule has 0 unspecified atom stereocenters. The molecule has 0 aliphatic carbocycles. The maximum Gasteiger partial charge on any atom is 0.234 e. The number of fused-ring (bicyclic) bond motifs is 1. The molecule has 0 fully saturated rings. The minimum absolute atomic E-state index is 0.565. The van der Waals surface area contributed by atoms with Crippen LogP contribution in [0.5, 0.6) is 17.2 Å². The Kier molecular flexibility index (Phi) is 4.84. The van der Waals surface area contributed by atoms with Gasteiger partial charge in [-0.05, 0) is 18.6 Å². The highest BCUT2D eigenvalue weighted by molar-refractivity contribution is 7.19. The number of unbranched alkanes of at least 4 members (excludes halogenated alkanes) is 1. The maximum absolute atomic E-state index is 5.41. The summed E-state index contributed by atoms with van der Waals surface area (Å²) in [5, 5.41) is 13.9. The number of rotatable bonds is 7. The topological polar surface area (TPSA) is 70.8 Å². The molecular weight excluding hydrogens is 328 g/mol. The van der Waals surface area contributed by atoms with Gasteiger partial charge in [0.2, 0.25) is 10.7 Å². The quantitative estimate of drug-likeness (QED) is 0.653. The van der Waals surface area contributed by atoms with E-state index in [0.29, 0.717) is 17.2 Å². The summed E-state index contributed by atoms with van der Waals surface area (Å²) in [6, 6.07) is 3.78. The number of methoxy groups -OCH3 is 3. The van der Waals surface area contributed by atoms with Crippen LogP contribution in [0.15, 0.2) is 12.1 Å². The summed E-state index contributed by atoms with van der Waals surface area (Å²) in [6.07, 6.45) is 3.05. The third-order valence-corrected chi connectivity index (χ3v) is 4.67. The van der Waals surface area contributed by atoms with Gasteiger partial charge < -0.3 is 14.2 Å². The Bertz CT molecular complexity index is 818. The van der Waals surface area contributed by atoms with Crippen LogP contribution < -0.4 is 14.2 Å². The van der Waals surface area contributed by atoms with Gasteiger partial charge >= 0.3 is 0 Å². The Morgan fingerprint density at radius 2 is 1.75 bits per heavy atom. The van der Waals surface area contributed by atoms with Crippen molar-refractivity contribution >= 4 is 16.3 Å². The van der Waals surface area contributed by atoms with Crippen molar-refractivity contribution in [1.82, 2.24) is 19.8 Å². The number of hydrogen-bond donors (Lipinski definition) is 0. The second kappa shape index (κ2) is 7.04. The second-order valence-corrected chi connectivity index (χ2v) is 6.19. The van der Waals surface area contributed by atoms with Crippen molar-refractivity contribution < 1.29 is 14.2 Å². The third kappa shape index (κ3) is 2.89. The van der Waals surface area contributed by atoms with E-state index in [9.17, 15) is 0 Å². The number of aryl methyl sites for hydroxylation is 1. The highest BCUT2D eigenvalue weighted by atomic mass is 32.1. The minimum atomic E-state index is 0.565. The van der Waals surface area contributed by atoms with Crippen molar-refractivity contribution in [3.8, 4) is 27.8 Å². The SMILES string of the molecule is CCCCc1nnc2sc(-c3cc(OC)c(OC)c(OC)c3)nn12. The van der Waals surface area contributed by atoms with Crippen molar-refractivity contribution in [2.24, 2.45) is 0 Å². The Labute approximate surface area is 144 Å². The fourth-order valence-electron chi connectivity index (χ4n) is 2.47. The van der Waals surface area contributed by atoms with Gasteiger partial charge in [0, 0.05) is 12.0 Å². The molecule has 0 atom stereocenters. The van der Waals surface area contributed by atoms with E-state index in [1.54, 1.807) is 21.3 Å². The molecule has 8 heteroatoms. The molecule has 3 rings (SSSR count). The summed E-state index contributed by atoms with van der Waals surface area (Å²) < 4.78 is 18.0. The number of ether oxygens (including phenoxy) is 3. The zero-order valence-corrected chi connectivity index (χ0v) is 15.0. The molecule has 0 aliphatic rings. The van der Waals surface area contributed by atoms with Gasteiger partial charge in [0.15, 0.2) is 17.3 Å². The molecule has 0 amide bonds. The molecule has 24 heavy (non-hydrogen) atoms. The lowest BCUT2D eigenvalue weighted by Crippen LogP contribution is -1.97. The van der Waals surface area contributed by atoms with Crippen LogP contribution in [0.1, 0.15) is 25.6 Å². The van der Waals surface area contributed by atoms with E-state index in [-0.39, 0.29) is 0 Å². The fraction of sp³-hybridized carbons (Fsp3) is 0.438. The molecule has 0 saturated carbocycles. The third-order valence-electron chi connectivity index (χ3n) is 3.72. The molecule has 1 aromatic carbocycles. The van der Waals surface area contributed by atoms with Crippen molar-refractivity contribution in [1.29, 1.82) is 0 Å². The summed E-state index contributed by atoms with van der Waals surface area (Å²) in [5.41, 5.74) is 0.890. The zero-order valence-electron chi connectivity index (χ0n) is 14.2. The average Bonchev–Trinajstić information content (AvgIpc) is 3.19. The number of aromatic nitrogens is 4. The predicted molar refractivity (Wildman–Crippen MR) is 92.4 cm³/mol. The Morgan fingerprint density at radius 1 is 1.04 bits per heavy atom. The van der Waals surface area contributed by atoms with E-state index in [2.05, 4.69) is 22.2 Å². The van der Waals surface area contributed by atoms with Gasteiger partial charge in [0.25, 0.3) is 0 Å². The van der Waals surface area contributed by atoms with E-state index in [4.69, 9.17) is 14.2 Å². The van der Waals surface area contributed by atoms with Crippen molar-refractivity contribution in [3.05, 3.63) is 18.0 Å². The lowest BCUT2D eigenvalue weighted by molar-refractivity contribution is 0.324. The van der Waals surface area contributed by atoms with Crippen molar-refractivity contribution in [2.45, 2.75) is 26.2 Å². The predicted octanol–water partition coefficient (Wildman–Crippen LogP) is 3.22. The van der Waals surface area contributed by atoms with Gasteiger partial charge in [0.1, 0.15) is 5.01 Å². The molecule has 0 radical (unpaired) electrons. The van der Waals surface area contributed by atoms with Crippen LogP contribution in [0.4, 0.5) is 0 Å². The van der Waals surface area contributed by atoms with Gasteiger partial charge in [-0.2, -0.15) is 9.61 Å². The van der Waals surface area contributed by atoms with Gasteiger partial charge in [-0.25, -0.2) is 0 Å². The molecule has 0 saturated heterocycles. The molecule has 2 heterocycles. The Hall–Kier alpha value is -2.35. The molecular formula is C16H20N4O3S. The van der Waals surface area contributed by atoms with Crippen LogP contribution in [-0.4, -0.2) is 41.1 Å². The van der Waals surface area contributed by atoms with E-state index in [1.165, 1.54) is 11.3 Å². The summed E-state index contributed by atoms with van der Waals surface area (Å²) >= 11 is 1.48. The first-order valence-corrected chi connectivity index (χ1v) is 8.55. The van der Waals surface area contributed by atoms with Crippen molar-refractivity contribution in [2.75, 3.05) is 21.3 Å². The average molecular weight is 348 g/mol. The van der Waals surface area contributed by atoms with E-state index in [0.717, 1.165) is 40.6 Å². The number of benzene rings is 1. The number of nitrogens with zero attached hydrogens (tertiary/aromatic N) is 4. The monoisotopic (exact) mass is 348 g/mol. The lowest BCUT2D eigenvalue weighted by atomic mass is 10.2. The van der Waals surface area contributed by atoms with E-state index < -0.39 is 0 Å². The van der Waals surface area contributed by atoms with Crippen molar-refractivity contribution in [3.63, 3.8) is 0 Å². The zero-order chi connectivity index (χ0) is 17.1. The van der Waals surface area contributed by atoms with Gasteiger partial charge in [0.05, 0.1) is 21.3 Å². The Balaban J connectivity index is 2.05. The normalized spacial score (nSPS) is 11.0. The summed E-state index contributed by atoms with van der Waals surface area (Å²) in [7, 11) is 4.79. The largest absolute Gasteiger partial charge is 0.493 e. The first-order valence-electron chi connectivity index (χ1n) is 7.73. The van der Waals surface area contributed by atoms with E-state index >= 15 is 0 Å². The molecule has 0 N–H and O–H groups in total. The molecule has 2 aromatic heterocycles. The minimum Gasteiger partial charge on any atom is -0.493 e. The highest BCUT2D eigenvalue weighted by Crippen LogP contribution is 2.41. The molecule has 7 nitrogen and oxygen atoms in total. The first kappa shape index (κ1) is 16.5. The van der Waals surface area contributed by atoms with Crippen LogP contribution in [0.25, 0.3) is 15.5 Å². The van der Waals surface area contributed by atoms with E-state index in [1.807, 2.05) is 16.6 Å². The maximum atomic E-state index is 5.41. The van der Waals surface area contributed by atoms with Crippen LogP contribution >= 0.6 is 11.3 Å². The van der Waals surface area contributed by atoms with Crippen LogP contribution in [0.3, 0.4) is 0 Å². The molecule has 0 aliphatic heterocycles. The van der Waals surface area contributed by atoms with Crippen LogP contribution in [0, 0.1) is 0 Å². The standard InChI is InChI=1S/C16H20N4O3S/c1-5-6-7-13-17-18-16-20(13)19-15(24-16)10-8-11(21-2)14(23-4)12(9-10)22-3/h8-9H,5-7H2,1-4H3. The summed E-state index contributed by atoms with van der Waals surface area (Å²) in [5.74, 6) is 2.66. The smallest absolute Gasteiger partial charge is 0.234 e. The summed E-state index contributed by atoms with van der Waals surface area (Å²) in [4.78, 5) is 0.782. The molecule has 0 spiro atoms. The van der Waals surface area contributed by atoms with Crippen LogP contribution in [-0.2, 0) is 6.42 Å². The Morgan fingerprint density at radius 3 is 2.33 bits per heavy atom. The first-order chi connectivity index (χ1) is 11.7. The van der Waals surface area contributed by atoms with Gasteiger partial charge in [-0.3, -0.25) is 0 Å². The molecule has 3 aromatic rings. The second-order valence-electron chi connectivity index (χ2n) is 5.24. The molecule has 0 bridgehead atoms. The van der Waals surface area contributed by atoms with Gasteiger partial charge in [-0.15, -0.1) is 10.2 Å². The van der Waals surface area contributed by atoms with Gasteiger partial charge in [-0.1, -0.05) is 24.7 Å². The fourth-order valence-corrected chi connectivity index (χ4v) is 3.31. The highest BCUT2D eigenvalue weighted by Gasteiger charge is 2.18. The molecule has 128 valence electrons. The summed E-state index contributed by atoms with van der Waals surface area (Å²) in [6.45, 7) is 2.15.